The zero-order chi connectivity index (χ0) is 24.6. The number of carbonyl (C=O) groups is 1. The summed E-state index contributed by atoms with van der Waals surface area (Å²) in [5.74, 6) is 0.554. The van der Waals surface area contributed by atoms with Crippen molar-refractivity contribution < 1.29 is 18.4 Å². The minimum atomic E-state index is -0.494. The van der Waals surface area contributed by atoms with Crippen LogP contribution in [0, 0.1) is 13.8 Å². The standard InChI is InChI=1S/C28H31NO5/c1-16-13-22-25(26-24(16)20(15-33-26)28(3,4)5)17(2)19(27(31)34-22)14-23(30)29-12-11-18-9-7-8-10-21(18)32-6/h7-10,13,15H,11-12,14H2,1-6H3,(H,29,30). The Morgan fingerprint density at radius 2 is 1.85 bits per heavy atom. The summed E-state index contributed by atoms with van der Waals surface area (Å²) < 4.78 is 17.0. The summed E-state index contributed by atoms with van der Waals surface area (Å²) in [6, 6.07) is 9.59. The van der Waals surface area contributed by atoms with E-state index in [0.717, 1.165) is 33.2 Å². The smallest absolute Gasteiger partial charge is 0.340 e. The summed E-state index contributed by atoms with van der Waals surface area (Å²) in [4.78, 5) is 25.5. The van der Waals surface area contributed by atoms with Crippen molar-refractivity contribution in [2.45, 2.75) is 52.9 Å². The number of furan rings is 1. The van der Waals surface area contributed by atoms with Gasteiger partial charge in [-0.3, -0.25) is 4.79 Å². The molecule has 34 heavy (non-hydrogen) atoms. The lowest BCUT2D eigenvalue weighted by molar-refractivity contribution is -0.120. The van der Waals surface area contributed by atoms with Crippen LogP contribution in [0.3, 0.4) is 0 Å². The SMILES string of the molecule is COc1ccccc1CCNC(=O)Cc1c(C)c2c(cc(C)c3c(C(C)(C)C)coc32)oc1=O. The molecule has 2 aromatic carbocycles. The minimum absolute atomic E-state index is 0.0573. The average Bonchev–Trinajstić information content (AvgIpc) is 3.23. The highest BCUT2D eigenvalue weighted by molar-refractivity contribution is 6.07. The van der Waals surface area contributed by atoms with Gasteiger partial charge in [-0.15, -0.1) is 0 Å². The van der Waals surface area contributed by atoms with Crippen LogP contribution >= 0.6 is 0 Å². The minimum Gasteiger partial charge on any atom is -0.496 e. The quantitative estimate of drug-likeness (QED) is 0.391. The Labute approximate surface area is 198 Å². The van der Waals surface area contributed by atoms with E-state index in [-0.39, 0.29) is 17.7 Å². The van der Waals surface area contributed by atoms with Gasteiger partial charge in [-0.1, -0.05) is 39.0 Å². The van der Waals surface area contributed by atoms with Crippen molar-refractivity contribution in [2.24, 2.45) is 0 Å². The van der Waals surface area contributed by atoms with Crippen LogP contribution < -0.4 is 15.7 Å². The lowest BCUT2D eigenvalue weighted by Gasteiger charge is -2.17. The van der Waals surface area contributed by atoms with Crippen LogP contribution in [-0.4, -0.2) is 19.6 Å². The van der Waals surface area contributed by atoms with Crippen molar-refractivity contribution in [3.8, 4) is 5.75 Å². The van der Waals surface area contributed by atoms with Gasteiger partial charge in [-0.25, -0.2) is 4.79 Å². The number of para-hydroxylation sites is 1. The maximum absolute atomic E-state index is 12.8. The summed E-state index contributed by atoms with van der Waals surface area (Å²) in [6.07, 6.45) is 2.35. The molecule has 0 aliphatic rings. The average molecular weight is 462 g/mol. The molecule has 0 atom stereocenters. The van der Waals surface area contributed by atoms with Gasteiger partial charge >= 0.3 is 5.63 Å². The normalized spacial score (nSPS) is 11.8. The first kappa shape index (κ1) is 23.6. The molecule has 0 bridgehead atoms. The number of ether oxygens (including phenoxy) is 1. The summed E-state index contributed by atoms with van der Waals surface area (Å²) in [7, 11) is 1.63. The fourth-order valence-corrected chi connectivity index (χ4v) is 4.51. The zero-order valence-electron chi connectivity index (χ0n) is 20.6. The van der Waals surface area contributed by atoms with Gasteiger partial charge in [-0.2, -0.15) is 0 Å². The number of nitrogens with one attached hydrogen (secondary N) is 1. The molecule has 0 aliphatic heterocycles. The third-order valence-corrected chi connectivity index (χ3v) is 6.34. The fraction of sp³-hybridized carbons (Fsp3) is 0.357. The predicted octanol–water partition coefficient (Wildman–Crippen LogP) is 5.36. The van der Waals surface area contributed by atoms with E-state index in [0.29, 0.717) is 35.3 Å². The van der Waals surface area contributed by atoms with Gasteiger partial charge in [0, 0.05) is 17.5 Å². The largest absolute Gasteiger partial charge is 0.496 e. The monoisotopic (exact) mass is 461 g/mol. The third kappa shape index (κ3) is 4.32. The molecule has 0 radical (unpaired) electrons. The maximum atomic E-state index is 12.8. The van der Waals surface area contributed by atoms with Crippen LogP contribution in [0.1, 0.15) is 48.6 Å². The van der Waals surface area contributed by atoms with E-state index >= 15 is 0 Å². The molecule has 2 aromatic heterocycles. The van der Waals surface area contributed by atoms with Gasteiger partial charge in [0.25, 0.3) is 0 Å². The van der Waals surface area contributed by atoms with Crippen LogP contribution in [0.2, 0.25) is 0 Å². The van der Waals surface area contributed by atoms with Crippen LogP contribution in [0.15, 0.2) is 50.2 Å². The van der Waals surface area contributed by atoms with E-state index in [4.69, 9.17) is 13.6 Å². The molecule has 0 aliphatic carbocycles. The molecule has 6 nitrogen and oxygen atoms in total. The first-order valence-corrected chi connectivity index (χ1v) is 11.5. The van der Waals surface area contributed by atoms with Gasteiger partial charge in [0.15, 0.2) is 0 Å². The second kappa shape index (κ2) is 9.01. The molecule has 2 heterocycles. The Hall–Kier alpha value is -3.54. The molecule has 4 rings (SSSR count). The predicted molar refractivity (Wildman–Crippen MR) is 134 cm³/mol. The number of hydrogen-bond donors (Lipinski definition) is 1. The Balaban J connectivity index is 1.63. The second-order valence-electron chi connectivity index (χ2n) is 9.75. The van der Waals surface area contributed by atoms with Crippen molar-refractivity contribution in [3.05, 3.63) is 74.8 Å². The Kier molecular flexibility index (Phi) is 6.26. The zero-order valence-corrected chi connectivity index (χ0v) is 20.6. The number of amides is 1. The van der Waals surface area contributed by atoms with Crippen LogP contribution in [-0.2, 0) is 23.1 Å². The van der Waals surface area contributed by atoms with Crippen molar-refractivity contribution in [3.63, 3.8) is 0 Å². The molecule has 0 saturated heterocycles. The molecular formula is C28H31NO5. The number of methoxy groups -OCH3 is 1. The van der Waals surface area contributed by atoms with Gasteiger partial charge in [-0.05, 0) is 54.5 Å². The van der Waals surface area contributed by atoms with Gasteiger partial charge in [0.1, 0.15) is 16.9 Å². The third-order valence-electron chi connectivity index (χ3n) is 6.34. The molecular weight excluding hydrogens is 430 g/mol. The maximum Gasteiger partial charge on any atom is 0.340 e. The lowest BCUT2D eigenvalue weighted by atomic mass is 9.85. The summed E-state index contributed by atoms with van der Waals surface area (Å²) >= 11 is 0. The lowest BCUT2D eigenvalue weighted by Crippen LogP contribution is -2.29. The first-order chi connectivity index (χ1) is 16.1. The highest BCUT2D eigenvalue weighted by atomic mass is 16.5. The van der Waals surface area contributed by atoms with E-state index in [1.807, 2.05) is 44.2 Å². The van der Waals surface area contributed by atoms with Crippen molar-refractivity contribution in [1.29, 1.82) is 0 Å². The van der Waals surface area contributed by atoms with E-state index in [9.17, 15) is 9.59 Å². The van der Waals surface area contributed by atoms with Crippen LogP contribution in [0.5, 0.6) is 5.75 Å². The molecule has 4 aromatic rings. The molecule has 178 valence electrons. The van der Waals surface area contributed by atoms with Gasteiger partial charge in [0.05, 0.1) is 30.7 Å². The van der Waals surface area contributed by atoms with Gasteiger partial charge < -0.3 is 18.9 Å². The van der Waals surface area contributed by atoms with E-state index in [1.165, 1.54) is 0 Å². The Morgan fingerprint density at radius 1 is 1.12 bits per heavy atom. The van der Waals surface area contributed by atoms with Crippen LogP contribution in [0.4, 0.5) is 0 Å². The van der Waals surface area contributed by atoms with E-state index in [2.05, 4.69) is 26.1 Å². The van der Waals surface area contributed by atoms with Gasteiger partial charge in [0.2, 0.25) is 5.91 Å². The number of fused-ring (bicyclic) bond motifs is 3. The second-order valence-corrected chi connectivity index (χ2v) is 9.75. The molecule has 6 heteroatoms. The first-order valence-electron chi connectivity index (χ1n) is 11.5. The fourth-order valence-electron chi connectivity index (χ4n) is 4.51. The van der Waals surface area contributed by atoms with Crippen molar-refractivity contribution in [2.75, 3.05) is 13.7 Å². The number of carbonyl (C=O) groups excluding carboxylic acids is 1. The molecule has 0 saturated carbocycles. The number of rotatable bonds is 6. The topological polar surface area (TPSA) is 81.7 Å². The molecule has 0 spiro atoms. The highest BCUT2D eigenvalue weighted by Gasteiger charge is 2.25. The molecule has 1 amide bonds. The van der Waals surface area contributed by atoms with Crippen molar-refractivity contribution >= 4 is 27.8 Å². The molecule has 0 unspecified atom stereocenters. The molecule has 1 N–H and O–H groups in total. The number of hydrogen-bond acceptors (Lipinski definition) is 5. The van der Waals surface area contributed by atoms with E-state index in [1.54, 1.807) is 13.4 Å². The van der Waals surface area contributed by atoms with E-state index < -0.39 is 5.63 Å². The number of benzene rings is 2. The summed E-state index contributed by atoms with van der Waals surface area (Å²) in [6.45, 7) is 10.7. The number of aryl methyl sites for hydroxylation is 2. The Morgan fingerprint density at radius 3 is 2.56 bits per heavy atom. The molecule has 0 fully saturated rings. The van der Waals surface area contributed by atoms with Crippen LogP contribution in [0.25, 0.3) is 21.9 Å². The summed E-state index contributed by atoms with van der Waals surface area (Å²) in [5, 5.41) is 4.68. The Bertz CT molecular complexity index is 1440. The highest BCUT2D eigenvalue weighted by Crippen LogP contribution is 2.38. The summed E-state index contributed by atoms with van der Waals surface area (Å²) in [5.41, 5.74) is 4.74. The van der Waals surface area contributed by atoms with Crippen molar-refractivity contribution in [1.82, 2.24) is 5.32 Å².